The second kappa shape index (κ2) is 12.1. The number of benzene rings is 1. The molecule has 1 aromatic heterocycles. The molecular weight excluding hydrogens is 500 g/mol. The van der Waals surface area contributed by atoms with Crippen LogP contribution in [0.15, 0.2) is 35.6 Å². The normalized spacial score (nSPS) is 17.7. The number of amides is 1. The second-order valence-corrected chi connectivity index (χ2v) is 12.4. The van der Waals surface area contributed by atoms with Gasteiger partial charge in [-0.05, 0) is 44.4 Å². The van der Waals surface area contributed by atoms with Gasteiger partial charge in [-0.1, -0.05) is 36.6 Å². The third-order valence-electron chi connectivity index (χ3n) is 7.04. The maximum absolute atomic E-state index is 13.5. The Balaban J connectivity index is 1.57. The fourth-order valence-corrected chi connectivity index (χ4v) is 6.97. The Morgan fingerprint density at radius 2 is 1.94 bits per heavy atom. The monoisotopic (exact) mass is 536 g/mol. The number of halogens is 1. The van der Waals surface area contributed by atoms with Crippen molar-refractivity contribution < 1.29 is 17.9 Å². The highest BCUT2D eigenvalue weighted by Crippen LogP contribution is 2.28. The van der Waals surface area contributed by atoms with E-state index in [2.05, 4.69) is 9.88 Å². The summed E-state index contributed by atoms with van der Waals surface area (Å²) < 4.78 is 34.0. The van der Waals surface area contributed by atoms with Crippen LogP contribution in [-0.2, 0) is 31.7 Å². The zero-order valence-electron chi connectivity index (χ0n) is 21.2. The minimum atomic E-state index is -3.72. The third-order valence-corrected chi connectivity index (χ3v) is 8.85. The zero-order chi connectivity index (χ0) is 25.7. The van der Waals surface area contributed by atoms with Gasteiger partial charge in [-0.15, -0.1) is 0 Å². The van der Waals surface area contributed by atoms with Gasteiger partial charge < -0.3 is 14.2 Å². The third kappa shape index (κ3) is 6.68. The molecule has 1 aliphatic heterocycles. The summed E-state index contributed by atoms with van der Waals surface area (Å²) in [5.74, 6) is 0.0371. The molecule has 10 heteroatoms. The van der Waals surface area contributed by atoms with Crippen LogP contribution >= 0.6 is 11.6 Å². The quantitative estimate of drug-likeness (QED) is 0.457. The predicted molar refractivity (Wildman–Crippen MR) is 140 cm³/mol. The molecule has 0 atom stereocenters. The Labute approximate surface area is 219 Å². The van der Waals surface area contributed by atoms with Crippen molar-refractivity contribution in [1.82, 2.24) is 19.4 Å². The molecule has 0 N–H and O–H groups in total. The number of hydrogen-bond donors (Lipinski definition) is 0. The van der Waals surface area contributed by atoms with E-state index in [1.807, 2.05) is 18.7 Å². The maximum Gasteiger partial charge on any atom is 0.228 e. The van der Waals surface area contributed by atoms with Gasteiger partial charge in [0.15, 0.2) is 0 Å². The van der Waals surface area contributed by atoms with E-state index in [4.69, 9.17) is 16.3 Å². The van der Waals surface area contributed by atoms with Crippen molar-refractivity contribution in [1.29, 1.82) is 0 Å². The Bertz CT molecular complexity index is 1140. The van der Waals surface area contributed by atoms with Gasteiger partial charge in [0.2, 0.25) is 20.9 Å². The number of hydrogen-bond acceptors (Lipinski definition) is 6. The molecule has 2 aliphatic rings. The molecule has 0 unspecified atom stereocenters. The Morgan fingerprint density at radius 1 is 1.22 bits per heavy atom. The summed E-state index contributed by atoms with van der Waals surface area (Å²) in [5, 5.41) is 0.533. The van der Waals surface area contributed by atoms with Gasteiger partial charge >= 0.3 is 0 Å². The number of sulfone groups is 1. The fourth-order valence-electron chi connectivity index (χ4n) is 5.17. The number of nitrogens with zero attached hydrogens (tertiary/aromatic N) is 4. The second-order valence-electron chi connectivity index (χ2n) is 10.1. The molecule has 0 bridgehead atoms. The van der Waals surface area contributed by atoms with E-state index in [9.17, 15) is 13.2 Å². The van der Waals surface area contributed by atoms with Crippen molar-refractivity contribution in [3.63, 3.8) is 0 Å². The average Bonchev–Trinajstić information content (AvgIpc) is 3.52. The molecule has 1 amide bonds. The number of ether oxygens (including phenoxy) is 1. The lowest BCUT2D eigenvalue weighted by atomic mass is 10.1. The summed E-state index contributed by atoms with van der Waals surface area (Å²) in [6, 6.07) is 6.75. The maximum atomic E-state index is 13.5. The van der Waals surface area contributed by atoms with Gasteiger partial charge in [0.05, 0.1) is 37.4 Å². The Morgan fingerprint density at radius 3 is 2.61 bits per heavy atom. The highest BCUT2D eigenvalue weighted by Gasteiger charge is 2.30. The Kier molecular flexibility index (Phi) is 9.09. The van der Waals surface area contributed by atoms with Crippen LogP contribution in [0.5, 0.6) is 0 Å². The first-order valence-electron chi connectivity index (χ1n) is 12.9. The van der Waals surface area contributed by atoms with Crippen LogP contribution in [0.4, 0.5) is 0 Å². The number of carbonyl (C=O) groups excluding carboxylic acids is 1. The first kappa shape index (κ1) is 27.1. The summed E-state index contributed by atoms with van der Waals surface area (Å²) in [6.45, 7) is 8.76. The van der Waals surface area contributed by atoms with Crippen LogP contribution in [0, 0.1) is 5.92 Å². The molecule has 198 valence electrons. The summed E-state index contributed by atoms with van der Waals surface area (Å²) >= 11 is 6.07. The molecular formula is C26H37ClN4O4S. The highest BCUT2D eigenvalue weighted by atomic mass is 35.5. The van der Waals surface area contributed by atoms with Gasteiger partial charge in [0.25, 0.3) is 0 Å². The number of rotatable bonds is 10. The SMILES string of the molecule is CC(C)n1c(CN(CCN2CCOCC2)C(=O)C2CCCC2)cnc1S(=O)(=O)Cc1cccc(Cl)c1. The molecule has 0 spiro atoms. The largest absolute Gasteiger partial charge is 0.379 e. The van der Waals surface area contributed by atoms with E-state index in [-0.39, 0.29) is 28.8 Å². The molecule has 2 fully saturated rings. The summed E-state index contributed by atoms with van der Waals surface area (Å²) in [7, 11) is -3.72. The lowest BCUT2D eigenvalue weighted by Gasteiger charge is -2.31. The Hall–Kier alpha value is -1.94. The molecule has 8 nitrogen and oxygen atoms in total. The van der Waals surface area contributed by atoms with Crippen LogP contribution in [0.3, 0.4) is 0 Å². The first-order valence-corrected chi connectivity index (χ1v) is 14.9. The van der Waals surface area contributed by atoms with Gasteiger partial charge in [0.1, 0.15) is 0 Å². The average molecular weight is 537 g/mol. The topological polar surface area (TPSA) is 84.7 Å². The lowest BCUT2D eigenvalue weighted by molar-refractivity contribution is -0.136. The molecule has 1 aromatic carbocycles. The standard InChI is InChI=1S/C26H37ClN4O4S/c1-20(2)31-24(17-28-26(31)36(33,34)19-21-6-5-9-23(27)16-21)18-30(25(32)22-7-3-4-8-22)11-10-29-12-14-35-15-13-29/h5-6,9,16-17,20,22H,3-4,7-8,10-15,18-19H2,1-2H3. The van der Waals surface area contributed by atoms with E-state index >= 15 is 0 Å². The molecule has 1 aliphatic carbocycles. The van der Waals surface area contributed by atoms with Crippen LogP contribution < -0.4 is 0 Å². The number of aromatic nitrogens is 2. The molecule has 4 rings (SSSR count). The van der Waals surface area contributed by atoms with Crippen LogP contribution in [0.25, 0.3) is 0 Å². The summed E-state index contributed by atoms with van der Waals surface area (Å²) in [4.78, 5) is 22.1. The van der Waals surface area contributed by atoms with Gasteiger partial charge in [-0.3, -0.25) is 9.69 Å². The van der Waals surface area contributed by atoms with Crippen LogP contribution in [0.1, 0.15) is 56.8 Å². The molecule has 1 saturated heterocycles. The number of morpholine rings is 1. The van der Waals surface area contributed by atoms with Gasteiger partial charge in [0, 0.05) is 43.2 Å². The van der Waals surface area contributed by atoms with E-state index in [1.165, 1.54) is 0 Å². The van der Waals surface area contributed by atoms with Crippen LogP contribution in [0.2, 0.25) is 5.02 Å². The molecule has 2 heterocycles. The van der Waals surface area contributed by atoms with E-state index in [0.29, 0.717) is 36.9 Å². The van der Waals surface area contributed by atoms with Crippen molar-refractivity contribution >= 4 is 27.3 Å². The number of carbonyl (C=O) groups is 1. The predicted octanol–water partition coefficient (Wildman–Crippen LogP) is 3.94. The minimum Gasteiger partial charge on any atom is -0.379 e. The molecule has 1 saturated carbocycles. The smallest absolute Gasteiger partial charge is 0.228 e. The summed E-state index contributed by atoms with van der Waals surface area (Å²) in [5.41, 5.74) is 1.36. The molecule has 0 radical (unpaired) electrons. The number of imidazole rings is 1. The molecule has 36 heavy (non-hydrogen) atoms. The minimum absolute atomic E-state index is 0.0360. The molecule has 2 aromatic rings. The van der Waals surface area contributed by atoms with Crippen molar-refractivity contribution in [2.75, 3.05) is 39.4 Å². The summed E-state index contributed by atoms with van der Waals surface area (Å²) in [6.07, 6.45) is 5.65. The highest BCUT2D eigenvalue weighted by molar-refractivity contribution is 7.90. The van der Waals surface area contributed by atoms with Crippen molar-refractivity contribution in [2.24, 2.45) is 5.92 Å². The van der Waals surface area contributed by atoms with Crippen molar-refractivity contribution in [3.8, 4) is 0 Å². The van der Waals surface area contributed by atoms with Gasteiger partial charge in [-0.2, -0.15) is 0 Å². The van der Waals surface area contributed by atoms with Crippen LogP contribution in [-0.4, -0.2) is 73.1 Å². The first-order chi connectivity index (χ1) is 17.2. The van der Waals surface area contributed by atoms with E-state index in [1.54, 1.807) is 35.0 Å². The van der Waals surface area contributed by atoms with E-state index < -0.39 is 9.84 Å². The fraction of sp³-hybridized carbons (Fsp3) is 0.615. The lowest BCUT2D eigenvalue weighted by Crippen LogP contribution is -2.44. The van der Waals surface area contributed by atoms with E-state index in [0.717, 1.165) is 51.0 Å². The van der Waals surface area contributed by atoms with Crippen molar-refractivity contribution in [2.45, 2.75) is 63.0 Å². The zero-order valence-corrected chi connectivity index (χ0v) is 22.8. The van der Waals surface area contributed by atoms with Gasteiger partial charge in [-0.25, -0.2) is 13.4 Å². The van der Waals surface area contributed by atoms with Crippen molar-refractivity contribution in [3.05, 3.63) is 46.7 Å².